The van der Waals surface area contributed by atoms with Gasteiger partial charge in [-0.15, -0.1) is 0 Å². The van der Waals surface area contributed by atoms with E-state index < -0.39 is 17.8 Å². The minimum absolute atomic E-state index is 0.128. The largest absolute Gasteiger partial charge is 0.416 e. The molecule has 0 amide bonds. The molecule has 1 heterocycles. The van der Waals surface area contributed by atoms with Gasteiger partial charge in [0.15, 0.2) is 0 Å². The molecule has 1 atom stereocenters. The molecule has 190 valence electrons. The van der Waals surface area contributed by atoms with Crippen LogP contribution in [0.2, 0.25) is 0 Å². The van der Waals surface area contributed by atoms with Crippen LogP contribution in [0, 0.1) is 18.8 Å². The number of nitrogens with zero attached hydrogens (tertiary/aromatic N) is 2. The Morgan fingerprint density at radius 1 is 0.972 bits per heavy atom. The molecule has 0 bridgehead atoms. The third-order valence-electron chi connectivity index (χ3n) is 6.48. The number of hydrogen-bond acceptors (Lipinski definition) is 4. The van der Waals surface area contributed by atoms with Gasteiger partial charge in [-0.25, -0.2) is 0 Å². The Morgan fingerprint density at radius 3 is 2.33 bits per heavy atom. The lowest BCUT2D eigenvalue weighted by Gasteiger charge is -2.30. The number of allylic oxidation sites excluding steroid dienone is 3. The molecule has 2 aromatic carbocycles. The van der Waals surface area contributed by atoms with Gasteiger partial charge in [0, 0.05) is 11.3 Å². The average molecular weight is 496 g/mol. The van der Waals surface area contributed by atoms with Crippen LogP contribution in [0.5, 0.6) is 0 Å². The number of aryl methyl sites for hydroxylation is 1. The van der Waals surface area contributed by atoms with Crippen LogP contribution < -0.4 is 5.32 Å². The Labute approximate surface area is 210 Å². The fraction of sp³-hybridized carbons (Fsp3) is 0.379. The number of hydrogen-bond donors (Lipinski definition) is 1. The molecule has 1 unspecified atom stereocenters. The van der Waals surface area contributed by atoms with Gasteiger partial charge in [0.2, 0.25) is 5.82 Å². The van der Waals surface area contributed by atoms with Crippen molar-refractivity contribution < 1.29 is 17.7 Å². The summed E-state index contributed by atoms with van der Waals surface area (Å²) in [6.45, 7) is 10.4. The highest BCUT2D eigenvalue weighted by Crippen LogP contribution is 2.36. The van der Waals surface area contributed by atoms with Crippen molar-refractivity contribution in [2.24, 2.45) is 11.8 Å². The number of benzene rings is 2. The zero-order chi connectivity index (χ0) is 26.0. The first-order valence-corrected chi connectivity index (χ1v) is 12.3. The van der Waals surface area contributed by atoms with Crippen molar-refractivity contribution in [2.45, 2.75) is 59.7 Å². The molecule has 4 rings (SSSR count). The van der Waals surface area contributed by atoms with Gasteiger partial charge in [0.05, 0.1) is 5.56 Å². The normalized spacial score (nSPS) is 15.4. The third-order valence-corrected chi connectivity index (χ3v) is 6.48. The van der Waals surface area contributed by atoms with Crippen molar-refractivity contribution in [1.82, 2.24) is 15.5 Å². The molecule has 1 N–H and O–H groups in total. The number of rotatable bonds is 7. The van der Waals surface area contributed by atoms with E-state index in [1.165, 1.54) is 11.1 Å². The Bertz CT molecular complexity index is 1270. The zero-order valence-corrected chi connectivity index (χ0v) is 21.3. The van der Waals surface area contributed by atoms with Gasteiger partial charge in [-0.05, 0) is 72.1 Å². The Kier molecular flexibility index (Phi) is 7.38. The molecule has 0 fully saturated rings. The van der Waals surface area contributed by atoms with Crippen LogP contribution in [0.25, 0.3) is 11.4 Å². The van der Waals surface area contributed by atoms with Gasteiger partial charge < -0.3 is 9.84 Å². The average Bonchev–Trinajstić information content (AvgIpc) is 3.32. The Morgan fingerprint density at radius 2 is 1.69 bits per heavy atom. The second kappa shape index (κ2) is 10.3. The molecule has 1 aliphatic rings. The van der Waals surface area contributed by atoms with Crippen LogP contribution in [-0.2, 0) is 6.18 Å². The number of aromatic nitrogens is 2. The van der Waals surface area contributed by atoms with Gasteiger partial charge in [-0.3, -0.25) is 0 Å². The molecule has 3 aromatic rings. The highest BCUT2D eigenvalue weighted by Gasteiger charge is 2.32. The van der Waals surface area contributed by atoms with E-state index in [1.54, 1.807) is 13.0 Å². The molecule has 7 heteroatoms. The summed E-state index contributed by atoms with van der Waals surface area (Å²) in [7, 11) is 0. The highest BCUT2D eigenvalue weighted by molar-refractivity contribution is 5.58. The summed E-state index contributed by atoms with van der Waals surface area (Å²) < 4.78 is 45.9. The van der Waals surface area contributed by atoms with Gasteiger partial charge in [0.25, 0.3) is 5.89 Å². The van der Waals surface area contributed by atoms with Crippen LogP contribution >= 0.6 is 0 Å². The second-order valence-corrected chi connectivity index (χ2v) is 9.94. The zero-order valence-electron chi connectivity index (χ0n) is 21.3. The predicted molar refractivity (Wildman–Crippen MR) is 135 cm³/mol. The Hall–Kier alpha value is -3.35. The predicted octanol–water partition coefficient (Wildman–Crippen LogP) is 8.03. The molecular weight excluding hydrogens is 463 g/mol. The maximum absolute atomic E-state index is 13.4. The van der Waals surface area contributed by atoms with Gasteiger partial charge in [-0.1, -0.05) is 69.3 Å². The highest BCUT2D eigenvalue weighted by atomic mass is 19.4. The summed E-state index contributed by atoms with van der Waals surface area (Å²) in [4.78, 5) is 4.58. The number of nitrogens with one attached hydrogen (secondary N) is 1. The molecule has 0 radical (unpaired) electrons. The molecule has 0 aliphatic heterocycles. The number of alkyl halides is 3. The fourth-order valence-corrected chi connectivity index (χ4v) is 4.70. The lowest BCUT2D eigenvalue weighted by Crippen LogP contribution is -2.28. The van der Waals surface area contributed by atoms with Crippen molar-refractivity contribution in [1.29, 1.82) is 0 Å². The smallest absolute Gasteiger partial charge is 0.370 e. The molecule has 36 heavy (non-hydrogen) atoms. The molecule has 1 aromatic heterocycles. The Balaban J connectivity index is 1.78. The molecule has 0 spiro atoms. The van der Waals surface area contributed by atoms with Gasteiger partial charge >= 0.3 is 6.18 Å². The molecule has 1 aliphatic carbocycles. The monoisotopic (exact) mass is 495 g/mol. The summed E-state index contributed by atoms with van der Waals surface area (Å²) in [5.74, 6) is 1.11. The van der Waals surface area contributed by atoms with E-state index in [2.05, 4.69) is 49.2 Å². The third kappa shape index (κ3) is 5.55. The fourth-order valence-electron chi connectivity index (χ4n) is 4.70. The quantitative estimate of drug-likeness (QED) is 0.360. The van der Waals surface area contributed by atoms with Gasteiger partial charge in [-0.2, -0.15) is 18.2 Å². The molecule has 0 saturated heterocycles. The summed E-state index contributed by atoms with van der Waals surface area (Å²) in [5.41, 5.74) is 4.62. The van der Waals surface area contributed by atoms with E-state index in [1.807, 2.05) is 30.3 Å². The van der Waals surface area contributed by atoms with E-state index in [0.717, 1.165) is 36.2 Å². The first-order valence-electron chi connectivity index (χ1n) is 12.3. The number of halogens is 3. The summed E-state index contributed by atoms with van der Waals surface area (Å²) in [6.07, 6.45) is -0.203. The van der Waals surface area contributed by atoms with Gasteiger partial charge in [0.1, 0.15) is 6.04 Å². The minimum atomic E-state index is -4.46. The van der Waals surface area contributed by atoms with E-state index in [4.69, 9.17) is 4.52 Å². The molecular formula is C29H32F3N3O. The van der Waals surface area contributed by atoms with E-state index in [9.17, 15) is 13.2 Å². The lowest BCUT2D eigenvalue weighted by atomic mass is 9.84. The van der Waals surface area contributed by atoms with Crippen molar-refractivity contribution >= 4 is 0 Å². The van der Waals surface area contributed by atoms with Crippen molar-refractivity contribution in [3.63, 3.8) is 0 Å². The van der Waals surface area contributed by atoms with E-state index >= 15 is 0 Å². The second-order valence-electron chi connectivity index (χ2n) is 9.94. The lowest BCUT2D eigenvalue weighted by molar-refractivity contribution is -0.137. The first kappa shape index (κ1) is 25.7. The van der Waals surface area contributed by atoms with Crippen LogP contribution in [0.3, 0.4) is 0 Å². The van der Waals surface area contributed by atoms with Crippen molar-refractivity contribution in [3.8, 4) is 11.4 Å². The first-order chi connectivity index (χ1) is 17.0. The summed E-state index contributed by atoms with van der Waals surface area (Å²) in [5, 5.41) is 7.77. The SMILES string of the molecule is Cc1cc(-c2noc(C(NC3=C(C(C)C)CCC=C3C(C)C)c3ccccc3)n2)cc(C(F)(F)F)c1. The maximum atomic E-state index is 13.4. The minimum Gasteiger partial charge on any atom is -0.370 e. The molecule has 4 nitrogen and oxygen atoms in total. The maximum Gasteiger partial charge on any atom is 0.416 e. The van der Waals surface area contributed by atoms with Crippen LogP contribution in [0.4, 0.5) is 13.2 Å². The van der Waals surface area contributed by atoms with Crippen molar-refractivity contribution in [3.05, 3.63) is 94.0 Å². The van der Waals surface area contributed by atoms with Crippen molar-refractivity contribution in [2.75, 3.05) is 0 Å². The van der Waals surface area contributed by atoms with Crippen LogP contribution in [0.1, 0.15) is 69.2 Å². The van der Waals surface area contributed by atoms with Crippen LogP contribution in [-0.4, -0.2) is 10.1 Å². The standard InChI is InChI=1S/C29H32F3N3O/c1-17(2)23-12-9-13-24(18(3)4)26(23)33-25(20-10-7-6-8-11-20)28-34-27(35-36-28)21-14-19(5)15-22(16-21)29(30,31)32/h6-8,10-12,14-18,25,33H,9,13H2,1-5H3. The van der Waals surface area contributed by atoms with E-state index in [0.29, 0.717) is 23.3 Å². The summed E-state index contributed by atoms with van der Waals surface area (Å²) in [6, 6.07) is 13.1. The van der Waals surface area contributed by atoms with E-state index in [-0.39, 0.29) is 11.4 Å². The summed E-state index contributed by atoms with van der Waals surface area (Å²) >= 11 is 0. The molecule has 0 saturated carbocycles. The van der Waals surface area contributed by atoms with Crippen LogP contribution in [0.15, 0.2) is 76.0 Å². The topological polar surface area (TPSA) is 51.0 Å².